The van der Waals surface area contributed by atoms with Gasteiger partial charge in [0.2, 0.25) is 6.29 Å². The Morgan fingerprint density at radius 1 is 1.18 bits per heavy atom. The molecule has 0 saturated carbocycles. The Balaban J connectivity index is 3.35. The molecule has 57 valence electrons. The van der Waals surface area contributed by atoms with Crippen LogP contribution in [0.2, 0.25) is 0 Å². The summed E-state index contributed by atoms with van der Waals surface area (Å²) in [6.45, 7) is 0. The van der Waals surface area contributed by atoms with E-state index < -0.39 is 0 Å². The lowest BCUT2D eigenvalue weighted by Gasteiger charge is -1.99. The first-order valence-electron chi connectivity index (χ1n) is 2.68. The first-order valence-corrected chi connectivity index (χ1v) is 5.91. The molecular formula is C7H2I3O. The van der Waals surface area contributed by atoms with Gasteiger partial charge in [-0.3, -0.25) is 4.79 Å². The molecule has 0 aromatic heterocycles. The third kappa shape index (κ3) is 2.51. The van der Waals surface area contributed by atoms with E-state index in [2.05, 4.69) is 67.8 Å². The lowest BCUT2D eigenvalue weighted by molar-refractivity contribution is 0.562. The monoisotopic (exact) mass is 483 g/mol. The van der Waals surface area contributed by atoms with E-state index >= 15 is 0 Å². The molecular weight excluding hydrogens is 481 g/mol. The largest absolute Gasteiger partial charge is 0.285 e. The van der Waals surface area contributed by atoms with Gasteiger partial charge in [0.15, 0.2) is 0 Å². The zero-order valence-electron chi connectivity index (χ0n) is 5.20. The van der Waals surface area contributed by atoms with Gasteiger partial charge < -0.3 is 0 Å². The molecule has 11 heavy (non-hydrogen) atoms. The summed E-state index contributed by atoms with van der Waals surface area (Å²) in [6, 6.07) is 3.86. The van der Waals surface area contributed by atoms with E-state index in [1.807, 2.05) is 18.4 Å². The summed E-state index contributed by atoms with van der Waals surface area (Å²) in [4.78, 5) is 10.4. The van der Waals surface area contributed by atoms with E-state index in [0.29, 0.717) is 5.56 Å². The van der Waals surface area contributed by atoms with Crippen molar-refractivity contribution < 1.29 is 4.79 Å². The van der Waals surface area contributed by atoms with Crippen molar-refractivity contribution in [3.8, 4) is 0 Å². The maximum Gasteiger partial charge on any atom is 0.234 e. The van der Waals surface area contributed by atoms with Gasteiger partial charge in [0.05, 0.1) is 0 Å². The SMILES string of the molecule is O=[C]c1cc(I)cc(I)c1I. The molecule has 0 aliphatic carbocycles. The van der Waals surface area contributed by atoms with Crippen LogP contribution in [0.1, 0.15) is 5.56 Å². The maximum atomic E-state index is 10.4. The van der Waals surface area contributed by atoms with Crippen molar-refractivity contribution in [2.75, 3.05) is 0 Å². The fraction of sp³-hybridized carbons (Fsp3) is 0. The molecule has 1 aromatic carbocycles. The molecule has 0 unspecified atom stereocenters. The Morgan fingerprint density at radius 3 is 2.36 bits per heavy atom. The molecule has 1 aromatic rings. The van der Waals surface area contributed by atoms with Gasteiger partial charge in [-0.25, -0.2) is 0 Å². The molecule has 0 N–H and O–H groups in total. The van der Waals surface area contributed by atoms with Crippen molar-refractivity contribution in [3.05, 3.63) is 28.4 Å². The highest BCUT2D eigenvalue weighted by atomic mass is 127. The summed E-state index contributed by atoms with van der Waals surface area (Å²) >= 11 is 6.54. The van der Waals surface area contributed by atoms with Gasteiger partial charge in [-0.15, -0.1) is 0 Å². The van der Waals surface area contributed by atoms with Gasteiger partial charge in [-0.2, -0.15) is 0 Å². The van der Waals surface area contributed by atoms with Crippen LogP contribution in [-0.4, -0.2) is 6.29 Å². The summed E-state index contributed by atoms with van der Waals surface area (Å²) in [7, 11) is 0. The highest BCUT2D eigenvalue weighted by molar-refractivity contribution is 14.1. The van der Waals surface area contributed by atoms with Crippen LogP contribution in [0.4, 0.5) is 0 Å². The fourth-order valence-corrected chi connectivity index (χ4v) is 2.90. The van der Waals surface area contributed by atoms with Crippen molar-refractivity contribution in [1.82, 2.24) is 0 Å². The second kappa shape index (κ2) is 4.35. The van der Waals surface area contributed by atoms with Crippen molar-refractivity contribution in [3.63, 3.8) is 0 Å². The second-order valence-corrected chi connectivity index (χ2v) is 5.34. The van der Waals surface area contributed by atoms with E-state index in [9.17, 15) is 4.79 Å². The van der Waals surface area contributed by atoms with E-state index in [1.165, 1.54) is 0 Å². The van der Waals surface area contributed by atoms with Crippen LogP contribution in [0.3, 0.4) is 0 Å². The minimum Gasteiger partial charge on any atom is -0.285 e. The van der Waals surface area contributed by atoms with Gasteiger partial charge in [0, 0.05) is 16.3 Å². The normalized spacial score (nSPS) is 9.73. The molecule has 0 atom stereocenters. The molecule has 0 aliphatic heterocycles. The first-order chi connectivity index (χ1) is 5.15. The van der Waals surface area contributed by atoms with Crippen LogP contribution in [0.15, 0.2) is 12.1 Å². The number of hydrogen-bond donors (Lipinski definition) is 0. The quantitative estimate of drug-likeness (QED) is 0.444. The standard InChI is InChI=1S/C7H2I3O/c8-5-1-4(3-11)7(10)6(9)2-5/h1-2H. The van der Waals surface area contributed by atoms with Crippen LogP contribution < -0.4 is 0 Å². The molecule has 0 aliphatic rings. The minimum absolute atomic E-state index is 0.655. The molecule has 0 bridgehead atoms. The van der Waals surface area contributed by atoms with Crippen LogP contribution in [0.25, 0.3) is 0 Å². The summed E-state index contributed by atoms with van der Waals surface area (Å²) < 4.78 is 3.16. The van der Waals surface area contributed by atoms with Gasteiger partial charge >= 0.3 is 0 Å². The van der Waals surface area contributed by atoms with E-state index in [4.69, 9.17) is 0 Å². The molecule has 0 spiro atoms. The minimum atomic E-state index is 0.655. The molecule has 1 nitrogen and oxygen atoms in total. The van der Waals surface area contributed by atoms with Crippen LogP contribution in [0.5, 0.6) is 0 Å². The summed E-state index contributed by atoms with van der Waals surface area (Å²) in [5.41, 5.74) is 0.655. The van der Waals surface area contributed by atoms with Crippen molar-refractivity contribution in [2.24, 2.45) is 0 Å². The maximum absolute atomic E-state index is 10.4. The van der Waals surface area contributed by atoms with Crippen molar-refractivity contribution in [2.45, 2.75) is 0 Å². The molecule has 0 amide bonds. The molecule has 1 radical (unpaired) electrons. The topological polar surface area (TPSA) is 17.1 Å². The van der Waals surface area contributed by atoms with Gasteiger partial charge in [0.25, 0.3) is 0 Å². The lowest BCUT2D eigenvalue weighted by atomic mass is 10.2. The van der Waals surface area contributed by atoms with Gasteiger partial charge in [0.1, 0.15) is 0 Å². The van der Waals surface area contributed by atoms with Gasteiger partial charge in [-0.05, 0) is 79.9 Å². The highest BCUT2D eigenvalue weighted by Crippen LogP contribution is 2.21. The fourth-order valence-electron chi connectivity index (χ4n) is 0.630. The molecule has 0 fully saturated rings. The zero-order chi connectivity index (χ0) is 8.43. The van der Waals surface area contributed by atoms with Crippen LogP contribution in [0, 0.1) is 10.7 Å². The second-order valence-electron chi connectivity index (χ2n) is 1.85. The number of hydrogen-bond acceptors (Lipinski definition) is 1. The Morgan fingerprint density at radius 2 is 1.82 bits per heavy atom. The smallest absolute Gasteiger partial charge is 0.234 e. The van der Waals surface area contributed by atoms with Crippen molar-refractivity contribution in [1.29, 1.82) is 0 Å². The Hall–Kier alpha value is 1.08. The van der Waals surface area contributed by atoms with Crippen LogP contribution >= 0.6 is 67.8 Å². The predicted octanol–water partition coefficient (Wildman–Crippen LogP) is 2.96. The zero-order valence-corrected chi connectivity index (χ0v) is 11.7. The number of carbonyl (C=O) groups excluding carboxylic acids is 1. The Labute approximate surface area is 106 Å². The van der Waals surface area contributed by atoms with Crippen LogP contribution in [-0.2, 0) is 4.79 Å². The first kappa shape index (κ1) is 10.2. The molecule has 1 rings (SSSR count). The number of halogens is 3. The third-order valence-corrected chi connectivity index (χ3v) is 4.77. The molecule has 0 saturated heterocycles. The average molecular weight is 483 g/mol. The lowest BCUT2D eigenvalue weighted by Crippen LogP contribution is -1.91. The van der Waals surface area contributed by atoms with Crippen molar-refractivity contribution >= 4 is 74.1 Å². The summed E-state index contributed by atoms with van der Waals surface area (Å²) in [5.74, 6) is 0. The van der Waals surface area contributed by atoms with Gasteiger partial charge in [-0.1, -0.05) is 0 Å². The third-order valence-electron chi connectivity index (χ3n) is 1.10. The molecule has 4 heteroatoms. The number of rotatable bonds is 1. The average Bonchev–Trinajstić information content (AvgIpc) is 1.96. The highest BCUT2D eigenvalue weighted by Gasteiger charge is 2.04. The predicted molar refractivity (Wildman–Crippen MR) is 69.4 cm³/mol. The summed E-state index contributed by atoms with van der Waals surface area (Å²) in [6.07, 6.45) is 1.91. The van der Waals surface area contributed by atoms with E-state index in [1.54, 1.807) is 0 Å². The Bertz CT molecular complexity index is 296. The van der Waals surface area contributed by atoms with E-state index in [-0.39, 0.29) is 0 Å². The Kier molecular flexibility index (Phi) is 4.02. The number of benzene rings is 1. The summed E-state index contributed by atoms with van der Waals surface area (Å²) in [5, 5.41) is 0. The molecule has 0 heterocycles. The van der Waals surface area contributed by atoms with E-state index in [0.717, 1.165) is 10.7 Å².